The average Bonchev–Trinajstić information content (AvgIpc) is 2.61. The first-order valence-electron chi connectivity index (χ1n) is 6.19. The van der Waals surface area contributed by atoms with Crippen molar-refractivity contribution < 1.29 is 9.21 Å². The summed E-state index contributed by atoms with van der Waals surface area (Å²) in [6, 6.07) is 3.37. The molecule has 0 radical (unpaired) electrons. The van der Waals surface area contributed by atoms with Crippen LogP contribution in [0.25, 0.3) is 0 Å². The molecule has 0 bridgehead atoms. The highest BCUT2D eigenvalue weighted by molar-refractivity contribution is 9.10. The van der Waals surface area contributed by atoms with Crippen LogP contribution in [0.4, 0.5) is 10.7 Å². The van der Waals surface area contributed by atoms with Crippen LogP contribution < -0.4 is 5.32 Å². The molecule has 1 heterocycles. The van der Waals surface area contributed by atoms with E-state index in [-0.39, 0.29) is 6.03 Å². The molecule has 18 heavy (non-hydrogen) atoms. The standard InChI is InChI=1S/C13H21BrN2O2/c1-9(2)7-16(8-10(3)4)13(17)15-12-6-5-11(14)18-12/h5-6,9-10H,7-8H2,1-4H3,(H,15,17). The number of anilines is 1. The van der Waals surface area contributed by atoms with Crippen LogP contribution in [0.2, 0.25) is 0 Å². The van der Waals surface area contributed by atoms with Crippen LogP contribution in [0.5, 0.6) is 0 Å². The highest BCUT2D eigenvalue weighted by atomic mass is 79.9. The van der Waals surface area contributed by atoms with Gasteiger partial charge >= 0.3 is 6.03 Å². The largest absolute Gasteiger partial charge is 0.434 e. The Morgan fingerprint density at radius 1 is 1.28 bits per heavy atom. The fourth-order valence-electron chi connectivity index (χ4n) is 1.69. The van der Waals surface area contributed by atoms with Crippen LogP contribution >= 0.6 is 15.9 Å². The normalized spacial score (nSPS) is 11.1. The van der Waals surface area contributed by atoms with Gasteiger partial charge in [-0.3, -0.25) is 5.32 Å². The topological polar surface area (TPSA) is 45.5 Å². The second-order valence-electron chi connectivity index (χ2n) is 5.23. The van der Waals surface area contributed by atoms with E-state index < -0.39 is 0 Å². The fraction of sp³-hybridized carbons (Fsp3) is 0.615. The van der Waals surface area contributed by atoms with E-state index in [1.165, 1.54) is 0 Å². The minimum atomic E-state index is -0.112. The van der Waals surface area contributed by atoms with Gasteiger partial charge in [-0.25, -0.2) is 4.79 Å². The minimum Gasteiger partial charge on any atom is -0.434 e. The minimum absolute atomic E-state index is 0.112. The number of nitrogens with zero attached hydrogens (tertiary/aromatic N) is 1. The highest BCUT2D eigenvalue weighted by Gasteiger charge is 2.17. The Kier molecular flexibility index (Phi) is 5.72. The van der Waals surface area contributed by atoms with Gasteiger partial charge in [0, 0.05) is 19.2 Å². The van der Waals surface area contributed by atoms with Gasteiger partial charge in [0.25, 0.3) is 0 Å². The lowest BCUT2D eigenvalue weighted by Gasteiger charge is -2.26. The number of furan rings is 1. The van der Waals surface area contributed by atoms with Gasteiger partial charge < -0.3 is 9.32 Å². The van der Waals surface area contributed by atoms with Gasteiger partial charge in [0.05, 0.1) is 0 Å². The summed E-state index contributed by atoms with van der Waals surface area (Å²) in [4.78, 5) is 14.0. The SMILES string of the molecule is CC(C)CN(CC(C)C)C(=O)Nc1ccc(Br)o1. The van der Waals surface area contributed by atoms with Crippen LogP contribution in [0.15, 0.2) is 21.2 Å². The van der Waals surface area contributed by atoms with Gasteiger partial charge in [-0.1, -0.05) is 27.7 Å². The van der Waals surface area contributed by atoms with Crippen LogP contribution in [-0.2, 0) is 0 Å². The molecule has 0 unspecified atom stereocenters. The second-order valence-corrected chi connectivity index (χ2v) is 6.01. The predicted octanol–water partition coefficient (Wildman–Crippen LogP) is 4.19. The zero-order valence-electron chi connectivity index (χ0n) is 11.4. The summed E-state index contributed by atoms with van der Waals surface area (Å²) >= 11 is 3.21. The molecule has 0 aliphatic carbocycles. The number of hydrogen-bond donors (Lipinski definition) is 1. The molecule has 0 spiro atoms. The van der Waals surface area contributed by atoms with Crippen LogP contribution in [-0.4, -0.2) is 24.0 Å². The quantitative estimate of drug-likeness (QED) is 0.885. The number of carbonyl (C=O) groups is 1. The van der Waals surface area contributed by atoms with E-state index in [0.29, 0.717) is 22.4 Å². The molecule has 2 amide bonds. The first-order chi connectivity index (χ1) is 8.38. The molecule has 0 atom stereocenters. The summed E-state index contributed by atoms with van der Waals surface area (Å²) in [6.07, 6.45) is 0. The van der Waals surface area contributed by atoms with E-state index in [4.69, 9.17) is 4.42 Å². The molecule has 0 aliphatic heterocycles. The van der Waals surface area contributed by atoms with Gasteiger partial charge in [-0.05, 0) is 33.8 Å². The Morgan fingerprint density at radius 3 is 2.22 bits per heavy atom. The molecule has 0 aliphatic rings. The van der Waals surface area contributed by atoms with Gasteiger partial charge in [0.2, 0.25) is 5.88 Å². The number of halogens is 1. The molecular formula is C13H21BrN2O2. The maximum Gasteiger partial charge on any atom is 0.324 e. The Hall–Kier alpha value is -0.970. The van der Waals surface area contributed by atoms with E-state index in [1.807, 2.05) is 4.90 Å². The maximum atomic E-state index is 12.1. The lowest BCUT2D eigenvalue weighted by atomic mass is 10.1. The van der Waals surface area contributed by atoms with Crippen molar-refractivity contribution in [3.63, 3.8) is 0 Å². The number of nitrogens with one attached hydrogen (secondary N) is 1. The Labute approximate surface area is 117 Å². The fourth-order valence-corrected chi connectivity index (χ4v) is 1.99. The Morgan fingerprint density at radius 2 is 1.83 bits per heavy atom. The monoisotopic (exact) mass is 316 g/mol. The van der Waals surface area contributed by atoms with E-state index in [9.17, 15) is 4.79 Å². The van der Waals surface area contributed by atoms with Crippen molar-refractivity contribution in [3.8, 4) is 0 Å². The average molecular weight is 317 g/mol. The molecule has 0 saturated carbocycles. The maximum absolute atomic E-state index is 12.1. The van der Waals surface area contributed by atoms with E-state index in [1.54, 1.807) is 12.1 Å². The zero-order valence-corrected chi connectivity index (χ0v) is 13.0. The molecule has 1 aromatic rings. The van der Waals surface area contributed by atoms with Crippen LogP contribution in [0.3, 0.4) is 0 Å². The van der Waals surface area contributed by atoms with Crippen molar-refractivity contribution in [2.24, 2.45) is 11.8 Å². The molecule has 0 saturated heterocycles. The van der Waals surface area contributed by atoms with E-state index in [0.717, 1.165) is 13.1 Å². The lowest BCUT2D eigenvalue weighted by Crippen LogP contribution is -2.39. The molecule has 0 fully saturated rings. The van der Waals surface area contributed by atoms with Crippen molar-refractivity contribution in [1.29, 1.82) is 0 Å². The molecular weight excluding hydrogens is 296 g/mol. The third kappa shape index (κ3) is 5.12. The number of amides is 2. The first kappa shape index (κ1) is 15.1. The number of urea groups is 1. The van der Waals surface area contributed by atoms with Crippen molar-refractivity contribution in [1.82, 2.24) is 4.90 Å². The zero-order chi connectivity index (χ0) is 13.7. The van der Waals surface area contributed by atoms with Gasteiger partial charge in [0.1, 0.15) is 0 Å². The molecule has 4 nitrogen and oxygen atoms in total. The molecule has 102 valence electrons. The summed E-state index contributed by atoms with van der Waals surface area (Å²) in [5.41, 5.74) is 0. The smallest absolute Gasteiger partial charge is 0.324 e. The lowest BCUT2D eigenvalue weighted by molar-refractivity contribution is 0.196. The Balaban J connectivity index is 2.63. The summed E-state index contributed by atoms with van der Waals surface area (Å²) in [5.74, 6) is 1.35. The summed E-state index contributed by atoms with van der Waals surface area (Å²) in [5, 5.41) is 2.76. The molecule has 0 aromatic carbocycles. The third-order valence-electron chi connectivity index (χ3n) is 2.26. The Bertz CT molecular complexity index is 378. The van der Waals surface area contributed by atoms with E-state index in [2.05, 4.69) is 48.9 Å². The first-order valence-corrected chi connectivity index (χ1v) is 6.99. The van der Waals surface area contributed by atoms with Crippen molar-refractivity contribution in [2.45, 2.75) is 27.7 Å². The molecule has 1 aromatic heterocycles. The van der Waals surface area contributed by atoms with Crippen LogP contribution in [0, 0.1) is 11.8 Å². The molecule has 5 heteroatoms. The number of hydrogen-bond acceptors (Lipinski definition) is 2. The predicted molar refractivity (Wildman–Crippen MR) is 76.7 cm³/mol. The van der Waals surface area contributed by atoms with Crippen molar-refractivity contribution in [2.75, 3.05) is 18.4 Å². The summed E-state index contributed by atoms with van der Waals surface area (Å²) in [6.45, 7) is 9.89. The third-order valence-corrected chi connectivity index (χ3v) is 2.69. The highest BCUT2D eigenvalue weighted by Crippen LogP contribution is 2.19. The van der Waals surface area contributed by atoms with Gasteiger partial charge in [-0.2, -0.15) is 0 Å². The van der Waals surface area contributed by atoms with Crippen molar-refractivity contribution in [3.05, 3.63) is 16.8 Å². The van der Waals surface area contributed by atoms with Crippen LogP contribution in [0.1, 0.15) is 27.7 Å². The second kappa shape index (κ2) is 6.83. The number of rotatable bonds is 5. The summed E-state index contributed by atoms with van der Waals surface area (Å²) in [7, 11) is 0. The molecule has 1 N–H and O–H groups in total. The summed E-state index contributed by atoms with van der Waals surface area (Å²) < 4.78 is 5.88. The van der Waals surface area contributed by atoms with Gasteiger partial charge in [0.15, 0.2) is 4.67 Å². The number of carbonyl (C=O) groups excluding carboxylic acids is 1. The van der Waals surface area contributed by atoms with Gasteiger partial charge in [-0.15, -0.1) is 0 Å². The van der Waals surface area contributed by atoms with E-state index >= 15 is 0 Å². The van der Waals surface area contributed by atoms with Crippen molar-refractivity contribution >= 4 is 27.8 Å². The molecule has 1 rings (SSSR count).